The molecule has 2 aromatic rings. The number of halogens is 1. The van der Waals surface area contributed by atoms with Crippen molar-refractivity contribution in [3.05, 3.63) is 77.4 Å². The molecule has 3 rings (SSSR count). The van der Waals surface area contributed by atoms with Gasteiger partial charge in [0.15, 0.2) is 0 Å². The van der Waals surface area contributed by atoms with E-state index in [0.29, 0.717) is 5.78 Å². The van der Waals surface area contributed by atoms with Gasteiger partial charge in [0.25, 0.3) is 0 Å². The van der Waals surface area contributed by atoms with E-state index in [1.54, 1.807) is 6.92 Å². The summed E-state index contributed by atoms with van der Waals surface area (Å²) in [6.45, 7) is 1.69. The molecule has 0 saturated carbocycles. The molecule has 0 aliphatic carbocycles. The maximum atomic E-state index is 9.44. The number of benzene rings is 2. The third-order valence-electron chi connectivity index (χ3n) is 3.13. The quantitative estimate of drug-likeness (QED) is 0.390. The van der Waals surface area contributed by atoms with E-state index in [-0.39, 0.29) is 12.4 Å². The zero-order chi connectivity index (χ0) is 13.9. The molecule has 1 radical (unpaired) electrons. The largest absolute Gasteiger partial charge is 1.00 e. The Morgan fingerprint density at radius 2 is 1.62 bits per heavy atom. The smallest absolute Gasteiger partial charge is 1.00 e. The maximum absolute atomic E-state index is 9.44. The fourth-order valence-corrected chi connectivity index (χ4v) is 4.03. The van der Waals surface area contributed by atoms with E-state index < -0.39 is 20.9 Å². The van der Waals surface area contributed by atoms with Crippen LogP contribution in [0.15, 0.2) is 60.7 Å². The SMILES string of the molecule is CC(=[OH+])c1ccc(C2=CC(c3ccccc3)=[Te]O2)cc1.[Cl-]. The van der Waals surface area contributed by atoms with Gasteiger partial charge in [-0.2, -0.15) is 0 Å². The minimum Gasteiger partial charge on any atom is -1.00 e. The van der Waals surface area contributed by atoms with E-state index in [1.807, 2.05) is 30.3 Å². The van der Waals surface area contributed by atoms with Gasteiger partial charge in [-0.05, 0) is 0 Å². The second kappa shape index (κ2) is 7.04. The number of allylic oxidation sites excluding steroid dienone is 1. The number of hydrogen-bond acceptors (Lipinski definition) is 1. The van der Waals surface area contributed by atoms with Crippen LogP contribution in [0.25, 0.3) is 5.76 Å². The first-order valence-electron chi connectivity index (χ1n) is 6.36. The maximum Gasteiger partial charge on any atom is -1.00 e. The first kappa shape index (κ1) is 16.0. The van der Waals surface area contributed by atoms with Crippen LogP contribution in [0.5, 0.6) is 0 Å². The van der Waals surface area contributed by atoms with Crippen LogP contribution in [0, 0.1) is 0 Å². The van der Waals surface area contributed by atoms with E-state index in [4.69, 9.17) is 3.10 Å². The van der Waals surface area contributed by atoms with Crippen LogP contribution in [-0.2, 0) is 3.10 Å². The summed E-state index contributed by atoms with van der Waals surface area (Å²) in [4.78, 5) is 9.44. The summed E-state index contributed by atoms with van der Waals surface area (Å²) in [5.74, 6) is 1.27. The van der Waals surface area contributed by atoms with Crippen LogP contribution in [0.4, 0.5) is 0 Å². The molecule has 2 aromatic carbocycles. The summed E-state index contributed by atoms with van der Waals surface area (Å²) < 4.78 is 7.21. The molecule has 1 aliphatic rings. The van der Waals surface area contributed by atoms with Crippen molar-refractivity contribution in [2.75, 3.05) is 0 Å². The van der Waals surface area contributed by atoms with Gasteiger partial charge in [-0.25, -0.2) is 0 Å². The number of carbonyl (C=O) groups excluding carboxylic acids is 1. The van der Waals surface area contributed by atoms with Crippen molar-refractivity contribution in [3.63, 3.8) is 0 Å². The minimum absolute atomic E-state index is 0. The Hall–Kier alpha value is -1.40. The molecular formula is C17H14ClO2Te. The Labute approximate surface area is 140 Å². The van der Waals surface area contributed by atoms with Gasteiger partial charge in [0.2, 0.25) is 0 Å². The van der Waals surface area contributed by atoms with Crippen molar-refractivity contribution >= 4 is 36.0 Å². The topological polar surface area (TPSA) is 30.6 Å². The zero-order valence-corrected chi connectivity index (χ0v) is 14.5. The second-order valence-corrected chi connectivity index (χ2v) is 6.77. The fraction of sp³-hybridized carbons (Fsp3) is 0.0588. The van der Waals surface area contributed by atoms with Gasteiger partial charge in [-0.1, -0.05) is 0 Å². The van der Waals surface area contributed by atoms with Gasteiger partial charge in [0.05, 0.1) is 0 Å². The van der Waals surface area contributed by atoms with E-state index in [0.717, 1.165) is 16.9 Å². The van der Waals surface area contributed by atoms with E-state index in [1.165, 1.54) is 9.11 Å². The van der Waals surface area contributed by atoms with Crippen molar-refractivity contribution in [1.82, 2.24) is 0 Å². The molecule has 0 fully saturated rings. The number of hydrogen-bond donors (Lipinski definition) is 0. The summed E-state index contributed by atoms with van der Waals surface area (Å²) in [7, 11) is 0. The fourth-order valence-electron chi connectivity index (χ4n) is 2.00. The average Bonchev–Trinajstić information content (AvgIpc) is 2.98. The van der Waals surface area contributed by atoms with Crippen LogP contribution in [0.2, 0.25) is 0 Å². The summed E-state index contributed by atoms with van der Waals surface area (Å²) in [6.07, 6.45) is 2.14. The number of rotatable bonds is 3. The predicted octanol–water partition coefficient (Wildman–Crippen LogP) is -0.185. The molecule has 0 spiro atoms. The molecule has 0 unspecified atom stereocenters. The summed E-state index contributed by atoms with van der Waals surface area (Å²) in [5.41, 5.74) is 3.16. The predicted molar refractivity (Wildman–Crippen MR) is 83.5 cm³/mol. The Kier molecular flexibility index (Phi) is 5.36. The molecule has 0 amide bonds. The summed E-state index contributed by atoms with van der Waals surface area (Å²) in [5, 5.41) is 0. The minimum atomic E-state index is -0.606. The van der Waals surface area contributed by atoms with E-state index in [2.05, 4.69) is 30.3 Å². The summed E-state index contributed by atoms with van der Waals surface area (Å²) in [6, 6.07) is 18.2. The normalized spacial score (nSPS) is 12.8. The zero-order valence-electron chi connectivity index (χ0n) is 11.4. The van der Waals surface area contributed by atoms with Crippen molar-refractivity contribution in [2.45, 2.75) is 6.92 Å². The Morgan fingerprint density at radius 3 is 2.24 bits per heavy atom. The first-order chi connectivity index (χ1) is 9.74. The van der Waals surface area contributed by atoms with Gasteiger partial charge in [0, 0.05) is 0 Å². The van der Waals surface area contributed by atoms with Crippen LogP contribution in [0.3, 0.4) is 0 Å². The second-order valence-electron chi connectivity index (χ2n) is 4.57. The molecule has 0 saturated heterocycles. The number of ketones is 1. The van der Waals surface area contributed by atoms with Gasteiger partial charge in [-0.15, -0.1) is 0 Å². The molecule has 1 N–H and O–H groups in total. The molecule has 107 valence electrons. The van der Waals surface area contributed by atoms with Crippen molar-refractivity contribution in [2.24, 2.45) is 0 Å². The van der Waals surface area contributed by atoms with E-state index in [9.17, 15) is 4.79 Å². The molecule has 0 aromatic heterocycles. The van der Waals surface area contributed by atoms with Crippen LogP contribution >= 0.6 is 0 Å². The van der Waals surface area contributed by atoms with Gasteiger partial charge in [0.1, 0.15) is 0 Å². The van der Waals surface area contributed by atoms with Gasteiger partial charge in [-0.3, -0.25) is 0 Å². The van der Waals surface area contributed by atoms with Crippen LogP contribution in [0.1, 0.15) is 23.6 Å². The van der Waals surface area contributed by atoms with Crippen LogP contribution < -0.4 is 12.4 Å². The molecule has 1 aliphatic heterocycles. The van der Waals surface area contributed by atoms with Gasteiger partial charge >= 0.3 is 128 Å². The Morgan fingerprint density at radius 1 is 0.952 bits per heavy atom. The molecule has 4 heteroatoms. The monoisotopic (exact) mass is 415 g/mol. The standard InChI is InChI=1S/C17H13O2Te.ClH/c1-12(18)13-7-9-14(10-8-13)16-11-17(20-19-16)15-5-3-2-4-6-15;/h2-11H,1H3;1H. The molecule has 2 nitrogen and oxygen atoms in total. The molecule has 0 atom stereocenters. The van der Waals surface area contributed by atoms with Crippen molar-refractivity contribution in [1.29, 1.82) is 0 Å². The first-order valence-corrected chi connectivity index (χ1v) is 8.47. The Balaban J connectivity index is 0.00000161. The third kappa shape index (κ3) is 3.63. The van der Waals surface area contributed by atoms with Crippen LogP contribution in [-0.4, -0.2) is 35.0 Å². The summed E-state index contributed by atoms with van der Waals surface area (Å²) >= 11 is -0.606. The molecule has 21 heavy (non-hydrogen) atoms. The van der Waals surface area contributed by atoms with E-state index >= 15 is 0 Å². The molecular weight excluding hydrogens is 399 g/mol. The van der Waals surface area contributed by atoms with Crippen molar-refractivity contribution in [3.8, 4) is 0 Å². The molecule has 0 bridgehead atoms. The average molecular weight is 413 g/mol. The Bertz CT molecular complexity index is 703. The molecule has 1 heterocycles. The third-order valence-corrected chi connectivity index (χ3v) is 5.40. The van der Waals surface area contributed by atoms with Gasteiger partial charge < -0.3 is 12.4 Å². The van der Waals surface area contributed by atoms with Crippen molar-refractivity contribution < 1.29 is 20.3 Å².